The van der Waals surface area contributed by atoms with E-state index in [1.54, 1.807) is 0 Å². The molecule has 0 aliphatic carbocycles. The Hall–Kier alpha value is -0.860. The van der Waals surface area contributed by atoms with E-state index in [-0.39, 0.29) is 12.1 Å². The molecule has 0 amide bonds. The fourth-order valence-corrected chi connectivity index (χ4v) is 1.73. The first-order chi connectivity index (χ1) is 7.29. The van der Waals surface area contributed by atoms with E-state index in [4.69, 9.17) is 4.74 Å². The van der Waals surface area contributed by atoms with Gasteiger partial charge in [0.1, 0.15) is 0 Å². The van der Waals surface area contributed by atoms with Gasteiger partial charge in [-0.1, -0.05) is 37.3 Å². The van der Waals surface area contributed by atoms with Gasteiger partial charge in [-0.25, -0.2) is 0 Å². The van der Waals surface area contributed by atoms with Crippen molar-refractivity contribution < 1.29 is 4.74 Å². The lowest BCUT2D eigenvalue weighted by Gasteiger charge is -2.24. The average molecular weight is 207 g/mol. The Balaban J connectivity index is 2.63. The second-order valence-corrected chi connectivity index (χ2v) is 3.75. The minimum absolute atomic E-state index is 0.206. The summed E-state index contributed by atoms with van der Waals surface area (Å²) in [6.45, 7) is 5.07. The second kappa shape index (κ2) is 6.59. The summed E-state index contributed by atoms with van der Waals surface area (Å²) in [5.41, 5.74) is 1.28. The van der Waals surface area contributed by atoms with Crippen molar-refractivity contribution in [2.75, 3.05) is 13.7 Å². The van der Waals surface area contributed by atoms with Crippen LogP contribution in [0.5, 0.6) is 0 Å². The minimum Gasteiger partial charge on any atom is -0.377 e. The van der Waals surface area contributed by atoms with Gasteiger partial charge in [0.25, 0.3) is 0 Å². The topological polar surface area (TPSA) is 21.3 Å². The molecule has 1 aromatic rings. The highest BCUT2D eigenvalue weighted by molar-refractivity contribution is 5.19. The molecule has 0 fully saturated rings. The molecular weight excluding hydrogens is 186 g/mol. The molecule has 15 heavy (non-hydrogen) atoms. The van der Waals surface area contributed by atoms with Gasteiger partial charge in [-0.05, 0) is 26.0 Å². The molecule has 0 bridgehead atoms. The van der Waals surface area contributed by atoms with Crippen molar-refractivity contribution in [3.63, 3.8) is 0 Å². The molecule has 1 N–H and O–H groups in total. The molecule has 2 atom stereocenters. The zero-order chi connectivity index (χ0) is 11.1. The van der Waals surface area contributed by atoms with Crippen LogP contribution < -0.4 is 5.32 Å². The Morgan fingerprint density at radius 3 is 2.47 bits per heavy atom. The van der Waals surface area contributed by atoms with Crippen LogP contribution in [0.15, 0.2) is 30.3 Å². The van der Waals surface area contributed by atoms with Crippen molar-refractivity contribution in [3.8, 4) is 0 Å². The van der Waals surface area contributed by atoms with E-state index in [1.165, 1.54) is 5.56 Å². The molecule has 0 aliphatic heterocycles. The van der Waals surface area contributed by atoms with Crippen LogP contribution in [0.4, 0.5) is 0 Å². The van der Waals surface area contributed by atoms with Crippen LogP contribution in [0.25, 0.3) is 0 Å². The van der Waals surface area contributed by atoms with Crippen molar-refractivity contribution in [1.82, 2.24) is 5.32 Å². The molecule has 0 aliphatic rings. The van der Waals surface area contributed by atoms with Crippen molar-refractivity contribution in [3.05, 3.63) is 35.9 Å². The Labute approximate surface area is 92.6 Å². The Morgan fingerprint density at radius 1 is 1.27 bits per heavy atom. The lowest BCUT2D eigenvalue weighted by atomic mass is 10.0. The second-order valence-electron chi connectivity index (χ2n) is 3.75. The molecule has 0 radical (unpaired) electrons. The van der Waals surface area contributed by atoms with Crippen molar-refractivity contribution in [2.24, 2.45) is 0 Å². The molecule has 2 heteroatoms. The van der Waals surface area contributed by atoms with E-state index in [9.17, 15) is 0 Å². The zero-order valence-electron chi connectivity index (χ0n) is 9.86. The third-order valence-corrected chi connectivity index (χ3v) is 2.52. The van der Waals surface area contributed by atoms with Crippen LogP contribution in [-0.4, -0.2) is 19.8 Å². The molecule has 0 saturated carbocycles. The summed E-state index contributed by atoms with van der Waals surface area (Å²) in [6, 6.07) is 10.7. The number of likely N-dealkylation sites (N-methyl/N-ethyl adjacent to an activating group) is 1. The fraction of sp³-hybridized carbons (Fsp3) is 0.538. The van der Waals surface area contributed by atoms with Crippen molar-refractivity contribution in [2.45, 2.75) is 32.4 Å². The summed E-state index contributed by atoms with van der Waals surface area (Å²) in [7, 11) is 1.98. The molecule has 84 valence electrons. The minimum atomic E-state index is 0.206. The lowest BCUT2D eigenvalue weighted by Crippen LogP contribution is -2.29. The Kier molecular flexibility index (Phi) is 5.37. The molecule has 0 spiro atoms. The third-order valence-electron chi connectivity index (χ3n) is 2.52. The van der Waals surface area contributed by atoms with Crippen LogP contribution in [-0.2, 0) is 4.74 Å². The molecule has 1 rings (SSSR count). The van der Waals surface area contributed by atoms with Gasteiger partial charge >= 0.3 is 0 Å². The molecular formula is C13H21NO. The number of rotatable bonds is 6. The van der Waals surface area contributed by atoms with Crippen LogP contribution in [0.2, 0.25) is 0 Å². The monoisotopic (exact) mass is 207 g/mol. The van der Waals surface area contributed by atoms with E-state index in [2.05, 4.69) is 43.4 Å². The molecule has 0 aromatic heterocycles. The fourth-order valence-electron chi connectivity index (χ4n) is 1.73. The number of nitrogens with one attached hydrogen (secondary N) is 1. The van der Waals surface area contributed by atoms with Crippen molar-refractivity contribution >= 4 is 0 Å². The Morgan fingerprint density at radius 2 is 1.93 bits per heavy atom. The SMILES string of the molecule is CCCOC(C)C(NC)c1ccccc1. The summed E-state index contributed by atoms with van der Waals surface area (Å²) in [5.74, 6) is 0. The molecule has 2 unspecified atom stereocenters. The number of ether oxygens (including phenoxy) is 1. The number of benzene rings is 1. The van der Waals surface area contributed by atoms with Crippen LogP contribution in [0.3, 0.4) is 0 Å². The molecule has 0 heterocycles. The van der Waals surface area contributed by atoms with Crippen LogP contribution in [0.1, 0.15) is 31.9 Å². The maximum absolute atomic E-state index is 5.74. The van der Waals surface area contributed by atoms with Gasteiger partial charge in [-0.3, -0.25) is 0 Å². The van der Waals surface area contributed by atoms with E-state index in [0.717, 1.165) is 13.0 Å². The zero-order valence-corrected chi connectivity index (χ0v) is 9.86. The first-order valence-electron chi connectivity index (χ1n) is 5.63. The summed E-state index contributed by atoms with van der Waals surface area (Å²) in [4.78, 5) is 0. The Bertz CT molecular complexity index is 260. The van der Waals surface area contributed by atoms with Crippen LogP contribution in [0, 0.1) is 0 Å². The van der Waals surface area contributed by atoms with Gasteiger partial charge in [0, 0.05) is 6.61 Å². The average Bonchev–Trinajstić information content (AvgIpc) is 2.29. The third kappa shape index (κ3) is 3.65. The predicted molar refractivity (Wildman–Crippen MR) is 63.9 cm³/mol. The van der Waals surface area contributed by atoms with Gasteiger partial charge in [-0.2, -0.15) is 0 Å². The van der Waals surface area contributed by atoms with E-state index < -0.39 is 0 Å². The summed E-state index contributed by atoms with van der Waals surface area (Å²) < 4.78 is 5.74. The number of hydrogen-bond donors (Lipinski definition) is 1. The quantitative estimate of drug-likeness (QED) is 0.774. The lowest BCUT2D eigenvalue weighted by molar-refractivity contribution is 0.0408. The highest BCUT2D eigenvalue weighted by atomic mass is 16.5. The van der Waals surface area contributed by atoms with E-state index in [1.807, 2.05) is 13.1 Å². The predicted octanol–water partition coefficient (Wildman–Crippen LogP) is 2.76. The van der Waals surface area contributed by atoms with Gasteiger partial charge in [0.15, 0.2) is 0 Å². The first-order valence-corrected chi connectivity index (χ1v) is 5.63. The maximum atomic E-state index is 5.74. The number of hydrogen-bond acceptors (Lipinski definition) is 2. The highest BCUT2D eigenvalue weighted by Gasteiger charge is 2.16. The molecule has 2 nitrogen and oxygen atoms in total. The van der Waals surface area contributed by atoms with E-state index in [0.29, 0.717) is 0 Å². The summed E-state index contributed by atoms with van der Waals surface area (Å²) >= 11 is 0. The summed E-state index contributed by atoms with van der Waals surface area (Å²) in [5, 5.41) is 3.30. The van der Waals surface area contributed by atoms with Gasteiger partial charge in [0.05, 0.1) is 12.1 Å². The summed E-state index contributed by atoms with van der Waals surface area (Å²) in [6.07, 6.45) is 1.27. The first kappa shape index (κ1) is 12.2. The van der Waals surface area contributed by atoms with Gasteiger partial charge < -0.3 is 10.1 Å². The molecule has 1 aromatic carbocycles. The highest BCUT2D eigenvalue weighted by Crippen LogP contribution is 2.18. The van der Waals surface area contributed by atoms with Gasteiger partial charge in [0.2, 0.25) is 0 Å². The smallest absolute Gasteiger partial charge is 0.0741 e. The van der Waals surface area contributed by atoms with Gasteiger partial charge in [-0.15, -0.1) is 0 Å². The van der Waals surface area contributed by atoms with Crippen LogP contribution >= 0.6 is 0 Å². The standard InChI is InChI=1S/C13H21NO/c1-4-10-15-11(2)13(14-3)12-8-6-5-7-9-12/h5-9,11,13-14H,4,10H2,1-3H3. The van der Waals surface area contributed by atoms with E-state index >= 15 is 0 Å². The molecule has 0 saturated heterocycles. The van der Waals surface area contributed by atoms with Crippen molar-refractivity contribution in [1.29, 1.82) is 0 Å². The maximum Gasteiger partial charge on any atom is 0.0741 e. The largest absolute Gasteiger partial charge is 0.377 e. The normalized spacial score (nSPS) is 14.9.